The zero-order valence-electron chi connectivity index (χ0n) is 9.59. The van der Waals surface area contributed by atoms with Gasteiger partial charge in [0.15, 0.2) is 0 Å². The number of hydrogen-bond donors (Lipinski definition) is 0. The van der Waals surface area contributed by atoms with E-state index in [0.717, 1.165) is 0 Å². The maximum atomic E-state index is 12.7. The van der Waals surface area contributed by atoms with Crippen LogP contribution in [-0.2, 0) is 0 Å². The van der Waals surface area contributed by atoms with Gasteiger partial charge in [0.2, 0.25) is 0 Å². The van der Waals surface area contributed by atoms with Crippen molar-refractivity contribution >= 4 is 0 Å². The second-order valence-corrected chi connectivity index (χ2v) is 8.10. The Bertz CT molecular complexity index is 193. The fraction of sp³-hybridized carbons (Fsp3) is 1.00. The molecule has 0 aromatic carbocycles. The molecule has 0 fully saturated rings. The summed E-state index contributed by atoms with van der Waals surface area (Å²) in [6, 6.07) is 0. The van der Waals surface area contributed by atoms with Crippen LogP contribution in [0.25, 0.3) is 0 Å². The Hall–Kier alpha value is 0.520. The van der Waals surface area contributed by atoms with Crippen molar-refractivity contribution in [2.75, 3.05) is 4.93 Å². The van der Waals surface area contributed by atoms with Crippen LogP contribution in [-0.4, -0.2) is 14.5 Å². The van der Waals surface area contributed by atoms with Crippen molar-refractivity contribution in [2.45, 2.75) is 44.2 Å². The van der Waals surface area contributed by atoms with Gasteiger partial charge in [0.25, 0.3) is 0 Å². The van der Waals surface area contributed by atoms with Crippen LogP contribution in [0.3, 0.4) is 0 Å². The Morgan fingerprint density at radius 3 is 1.43 bits per heavy atom. The molecular weight excluding hydrogens is 304 g/mol. The molecule has 0 aromatic rings. The third-order valence-corrected chi connectivity index (χ3v) is 7.96. The molecule has 4 heteroatoms. The number of rotatable bonds is 2. The van der Waals surface area contributed by atoms with Gasteiger partial charge in [-0.3, -0.25) is 0 Å². The molecule has 0 spiro atoms. The normalized spacial score (nSPS) is 20.6. The Morgan fingerprint density at radius 1 is 1.00 bits per heavy atom. The Balaban J connectivity index is 5.07. The van der Waals surface area contributed by atoms with E-state index >= 15 is 0 Å². The SMILES string of the molecule is C[I-]C(C)(C(C)C(F)(F)F)C(C)(C)C. The molecule has 0 N–H and O–H groups in total. The van der Waals surface area contributed by atoms with E-state index in [4.69, 9.17) is 0 Å². The van der Waals surface area contributed by atoms with E-state index in [1.807, 2.05) is 25.7 Å². The molecule has 0 heterocycles. The summed E-state index contributed by atoms with van der Waals surface area (Å²) >= 11 is -0.458. The first-order valence-corrected chi connectivity index (χ1v) is 7.77. The second kappa shape index (κ2) is 4.18. The molecule has 0 saturated carbocycles. The third kappa shape index (κ3) is 2.76. The van der Waals surface area contributed by atoms with Crippen molar-refractivity contribution in [2.24, 2.45) is 11.3 Å². The standard InChI is InChI=1S/C10H19F3I/c1-7(10(11,12)13)9(5,14-6)8(2,3)4/h7H,1-6H3/q-1. The fourth-order valence-electron chi connectivity index (χ4n) is 1.40. The summed E-state index contributed by atoms with van der Waals surface area (Å²) < 4.78 is 37.4. The first kappa shape index (κ1) is 14.5. The van der Waals surface area contributed by atoms with Crippen molar-refractivity contribution in [3.05, 3.63) is 0 Å². The van der Waals surface area contributed by atoms with Gasteiger partial charge in [0.05, 0.1) is 0 Å². The Kier molecular flexibility index (Phi) is 4.33. The average Bonchev–Trinajstić information content (AvgIpc) is 1.97. The molecule has 88 valence electrons. The van der Waals surface area contributed by atoms with Crippen LogP contribution in [0.2, 0.25) is 0 Å². The minimum absolute atomic E-state index is 0.288. The number of alkyl halides is 5. The Morgan fingerprint density at radius 2 is 1.36 bits per heavy atom. The quantitative estimate of drug-likeness (QED) is 0.519. The van der Waals surface area contributed by atoms with E-state index in [9.17, 15) is 13.2 Å². The molecule has 14 heavy (non-hydrogen) atoms. The molecule has 2 atom stereocenters. The van der Waals surface area contributed by atoms with Gasteiger partial charge >= 0.3 is 94.9 Å². The number of hydrogen-bond acceptors (Lipinski definition) is 0. The van der Waals surface area contributed by atoms with Gasteiger partial charge in [-0.2, -0.15) is 0 Å². The molecule has 2 unspecified atom stereocenters. The van der Waals surface area contributed by atoms with E-state index in [0.29, 0.717) is 0 Å². The summed E-state index contributed by atoms with van der Waals surface area (Å²) in [4.78, 5) is 1.94. The monoisotopic (exact) mass is 323 g/mol. The Labute approximate surface area is 94.9 Å². The molecule has 0 radical (unpaired) electrons. The van der Waals surface area contributed by atoms with E-state index in [1.165, 1.54) is 6.92 Å². The molecule has 0 rings (SSSR count). The summed E-state index contributed by atoms with van der Waals surface area (Å²) in [6.07, 6.45) is -4.07. The van der Waals surface area contributed by atoms with E-state index < -0.39 is 36.7 Å². The van der Waals surface area contributed by atoms with Crippen LogP contribution in [0.15, 0.2) is 0 Å². The fourth-order valence-corrected chi connectivity index (χ4v) is 4.31. The van der Waals surface area contributed by atoms with Crippen LogP contribution >= 0.6 is 0 Å². The van der Waals surface area contributed by atoms with E-state index in [2.05, 4.69) is 0 Å². The molecule has 0 nitrogen and oxygen atoms in total. The molecule has 0 aliphatic rings. The van der Waals surface area contributed by atoms with Gasteiger partial charge in [-0.05, 0) is 0 Å². The van der Waals surface area contributed by atoms with Crippen molar-refractivity contribution in [1.29, 1.82) is 0 Å². The second-order valence-electron chi connectivity index (χ2n) is 4.78. The molecule has 0 bridgehead atoms. The molecule has 0 saturated heterocycles. The topological polar surface area (TPSA) is 0 Å². The zero-order chi connectivity index (χ0) is 11.8. The summed E-state index contributed by atoms with van der Waals surface area (Å²) in [5.41, 5.74) is -0.288. The van der Waals surface area contributed by atoms with E-state index in [-0.39, 0.29) is 5.41 Å². The van der Waals surface area contributed by atoms with Crippen LogP contribution in [0, 0.1) is 11.3 Å². The molecule has 0 aliphatic heterocycles. The summed E-state index contributed by atoms with van der Waals surface area (Å²) in [7, 11) is 0. The van der Waals surface area contributed by atoms with Crippen molar-refractivity contribution in [3.63, 3.8) is 0 Å². The first-order chi connectivity index (χ1) is 5.97. The van der Waals surface area contributed by atoms with Crippen LogP contribution in [0.5, 0.6) is 0 Å². The predicted molar refractivity (Wildman–Crippen MR) is 49.0 cm³/mol. The molecular formula is C10H19F3I-. The van der Waals surface area contributed by atoms with Gasteiger partial charge in [-0.25, -0.2) is 0 Å². The zero-order valence-corrected chi connectivity index (χ0v) is 11.7. The third-order valence-electron chi connectivity index (χ3n) is 3.16. The first-order valence-electron chi connectivity index (χ1n) is 4.54. The summed E-state index contributed by atoms with van der Waals surface area (Å²) in [6.45, 7) is 8.79. The van der Waals surface area contributed by atoms with Crippen molar-refractivity contribution < 1.29 is 34.4 Å². The average molecular weight is 323 g/mol. The minimum atomic E-state index is -4.07. The number of halogens is 4. The van der Waals surface area contributed by atoms with Crippen LogP contribution < -0.4 is 21.2 Å². The van der Waals surface area contributed by atoms with Gasteiger partial charge < -0.3 is 0 Å². The summed E-state index contributed by atoms with van der Waals surface area (Å²) in [5.74, 6) is -1.22. The van der Waals surface area contributed by atoms with Crippen LogP contribution in [0.4, 0.5) is 13.2 Å². The van der Waals surface area contributed by atoms with Crippen LogP contribution in [0.1, 0.15) is 34.6 Å². The predicted octanol–water partition coefficient (Wildman–Crippen LogP) is 0.708. The van der Waals surface area contributed by atoms with Gasteiger partial charge in [0, 0.05) is 0 Å². The molecule has 0 amide bonds. The molecule has 0 aliphatic carbocycles. The summed E-state index contributed by atoms with van der Waals surface area (Å²) in [5, 5.41) is 0. The van der Waals surface area contributed by atoms with Gasteiger partial charge in [-0.1, -0.05) is 0 Å². The van der Waals surface area contributed by atoms with Gasteiger partial charge in [-0.15, -0.1) is 0 Å². The molecule has 0 aromatic heterocycles. The van der Waals surface area contributed by atoms with E-state index in [1.54, 1.807) is 6.92 Å². The maximum absolute atomic E-state index is 12.7. The van der Waals surface area contributed by atoms with Crippen molar-refractivity contribution in [1.82, 2.24) is 0 Å². The van der Waals surface area contributed by atoms with Gasteiger partial charge in [0.1, 0.15) is 0 Å². The van der Waals surface area contributed by atoms with Crippen molar-refractivity contribution in [3.8, 4) is 0 Å².